The van der Waals surface area contributed by atoms with E-state index in [2.05, 4.69) is 28.1 Å². The van der Waals surface area contributed by atoms with Crippen molar-refractivity contribution in [1.29, 1.82) is 0 Å². The molecule has 0 rings (SSSR count). The van der Waals surface area contributed by atoms with E-state index < -0.39 is 0 Å². The summed E-state index contributed by atoms with van der Waals surface area (Å²) in [7, 11) is 2.32. The van der Waals surface area contributed by atoms with Crippen LogP contribution in [0.25, 0.3) is 0 Å². The molecule has 1 heteroatoms. The first-order chi connectivity index (χ1) is 3.27. The molecule has 0 unspecified atom stereocenters. The van der Waals surface area contributed by atoms with Gasteiger partial charge >= 0.3 is 0 Å². The molecule has 0 bridgehead atoms. The quantitative estimate of drug-likeness (QED) is 0.473. The van der Waals surface area contributed by atoms with Crippen molar-refractivity contribution in [2.24, 2.45) is 5.92 Å². The second-order valence-electron chi connectivity index (χ2n) is 2.33. The SMILES string of the molecule is CC[B]CC(C)C. The fourth-order valence-corrected chi connectivity index (χ4v) is 0.500. The molecular weight excluding hydrogens is 82.9 g/mol. The molecule has 0 fully saturated rings. The lowest BCUT2D eigenvalue weighted by atomic mass is 9.68. The van der Waals surface area contributed by atoms with Gasteiger partial charge in [0.05, 0.1) is 0 Å². The van der Waals surface area contributed by atoms with Gasteiger partial charge in [0.25, 0.3) is 0 Å². The average Bonchev–Trinajstić information content (AvgIpc) is 1.61. The molecule has 41 valence electrons. The highest BCUT2D eigenvalue weighted by atomic mass is 13.8. The molecule has 0 aliphatic heterocycles. The van der Waals surface area contributed by atoms with Crippen LogP contribution in [0.1, 0.15) is 20.8 Å². The lowest BCUT2D eigenvalue weighted by Gasteiger charge is -1.97. The fraction of sp³-hybridized carbons (Fsp3) is 1.00. The summed E-state index contributed by atoms with van der Waals surface area (Å²) in [6.07, 6.45) is 2.49. The lowest BCUT2D eigenvalue weighted by molar-refractivity contribution is 0.730. The summed E-state index contributed by atoms with van der Waals surface area (Å²) >= 11 is 0. The first kappa shape index (κ1) is 7.06. The third-order valence-electron chi connectivity index (χ3n) is 0.927. The third-order valence-corrected chi connectivity index (χ3v) is 0.927. The van der Waals surface area contributed by atoms with Crippen LogP contribution < -0.4 is 0 Å². The second kappa shape index (κ2) is 4.23. The van der Waals surface area contributed by atoms with Crippen molar-refractivity contribution in [2.45, 2.75) is 33.4 Å². The Morgan fingerprint density at radius 3 is 2.14 bits per heavy atom. The average molecular weight is 97.0 g/mol. The van der Waals surface area contributed by atoms with Crippen molar-refractivity contribution in [3.8, 4) is 0 Å². The standard InChI is InChI=1S/C6H14B/c1-4-7-5-6(2)3/h6H,4-5H2,1-3H3. The van der Waals surface area contributed by atoms with Gasteiger partial charge in [-0.25, -0.2) is 0 Å². The highest BCUT2D eigenvalue weighted by molar-refractivity contribution is 6.35. The molecule has 0 spiro atoms. The van der Waals surface area contributed by atoms with Crippen molar-refractivity contribution in [3.63, 3.8) is 0 Å². The van der Waals surface area contributed by atoms with E-state index in [1.165, 1.54) is 12.6 Å². The Bertz CT molecular complexity index is 33.2. The van der Waals surface area contributed by atoms with E-state index in [0.717, 1.165) is 5.92 Å². The van der Waals surface area contributed by atoms with Gasteiger partial charge in [0.15, 0.2) is 0 Å². The van der Waals surface area contributed by atoms with Gasteiger partial charge in [0.2, 0.25) is 0 Å². The first-order valence-electron chi connectivity index (χ1n) is 3.09. The van der Waals surface area contributed by atoms with E-state index in [1.54, 1.807) is 0 Å². The zero-order valence-corrected chi connectivity index (χ0v) is 5.57. The zero-order chi connectivity index (χ0) is 5.70. The van der Waals surface area contributed by atoms with Crippen molar-refractivity contribution in [2.75, 3.05) is 0 Å². The van der Waals surface area contributed by atoms with Crippen LogP contribution in [0.5, 0.6) is 0 Å². The highest BCUT2D eigenvalue weighted by Crippen LogP contribution is 1.98. The number of hydrogen-bond donors (Lipinski definition) is 0. The maximum Gasteiger partial charge on any atom is 0.109 e. The van der Waals surface area contributed by atoms with Crippen molar-refractivity contribution >= 4 is 7.28 Å². The summed E-state index contributed by atoms with van der Waals surface area (Å²) in [6, 6.07) is 0. The van der Waals surface area contributed by atoms with E-state index in [-0.39, 0.29) is 0 Å². The number of rotatable bonds is 3. The molecule has 0 heterocycles. The van der Waals surface area contributed by atoms with Crippen LogP contribution in [0.2, 0.25) is 12.6 Å². The maximum atomic E-state index is 2.32. The van der Waals surface area contributed by atoms with E-state index >= 15 is 0 Å². The highest BCUT2D eigenvalue weighted by Gasteiger charge is 1.90. The minimum atomic E-state index is 0.847. The largest absolute Gasteiger partial charge is 0.109 e. The summed E-state index contributed by atoms with van der Waals surface area (Å²) < 4.78 is 0. The second-order valence-corrected chi connectivity index (χ2v) is 2.33. The molecule has 0 nitrogen and oxygen atoms in total. The van der Waals surface area contributed by atoms with Crippen molar-refractivity contribution in [1.82, 2.24) is 0 Å². The number of hydrogen-bond acceptors (Lipinski definition) is 0. The van der Waals surface area contributed by atoms with Crippen LogP contribution in [0.3, 0.4) is 0 Å². The Kier molecular flexibility index (Phi) is 4.27. The van der Waals surface area contributed by atoms with E-state index in [0.29, 0.717) is 0 Å². The minimum Gasteiger partial charge on any atom is -0.0831 e. The van der Waals surface area contributed by atoms with Crippen LogP contribution in [0.4, 0.5) is 0 Å². The van der Waals surface area contributed by atoms with Gasteiger partial charge in [-0.05, 0) is 0 Å². The molecule has 0 aliphatic rings. The van der Waals surface area contributed by atoms with Crippen molar-refractivity contribution < 1.29 is 0 Å². The van der Waals surface area contributed by atoms with Gasteiger partial charge in [0, 0.05) is 0 Å². The van der Waals surface area contributed by atoms with Gasteiger partial charge in [0.1, 0.15) is 7.28 Å². The normalized spacial score (nSPS) is 9.71. The summed E-state index contributed by atoms with van der Waals surface area (Å²) in [4.78, 5) is 0. The molecular formula is C6H14B. The predicted molar refractivity (Wildman–Crippen MR) is 35.9 cm³/mol. The van der Waals surface area contributed by atoms with E-state index in [9.17, 15) is 0 Å². The van der Waals surface area contributed by atoms with Gasteiger partial charge in [-0.15, -0.1) is 0 Å². The first-order valence-corrected chi connectivity index (χ1v) is 3.09. The van der Waals surface area contributed by atoms with Crippen LogP contribution in [0, 0.1) is 5.92 Å². The van der Waals surface area contributed by atoms with E-state index in [1.807, 2.05) is 0 Å². The summed E-state index contributed by atoms with van der Waals surface area (Å²) in [5.74, 6) is 0.847. The van der Waals surface area contributed by atoms with Gasteiger partial charge in [-0.3, -0.25) is 0 Å². The molecule has 0 atom stereocenters. The predicted octanol–water partition coefficient (Wildman–Crippen LogP) is 2.20. The van der Waals surface area contributed by atoms with Crippen LogP contribution in [-0.4, -0.2) is 7.28 Å². The fourth-order valence-electron chi connectivity index (χ4n) is 0.500. The molecule has 0 aromatic rings. The minimum absolute atomic E-state index is 0.847. The molecule has 0 aliphatic carbocycles. The molecule has 0 saturated heterocycles. The zero-order valence-electron chi connectivity index (χ0n) is 5.57. The van der Waals surface area contributed by atoms with Crippen LogP contribution in [0.15, 0.2) is 0 Å². The molecule has 0 aromatic heterocycles. The molecule has 1 radical (unpaired) electrons. The van der Waals surface area contributed by atoms with Crippen LogP contribution in [-0.2, 0) is 0 Å². The molecule has 0 saturated carbocycles. The Balaban J connectivity index is 2.68. The molecule has 7 heavy (non-hydrogen) atoms. The summed E-state index contributed by atoms with van der Waals surface area (Å²) in [5, 5.41) is 0. The Morgan fingerprint density at radius 2 is 2.00 bits per heavy atom. The summed E-state index contributed by atoms with van der Waals surface area (Å²) in [6.45, 7) is 6.67. The molecule has 0 aromatic carbocycles. The van der Waals surface area contributed by atoms with E-state index in [4.69, 9.17) is 0 Å². The van der Waals surface area contributed by atoms with Crippen molar-refractivity contribution in [3.05, 3.63) is 0 Å². The monoisotopic (exact) mass is 97.1 g/mol. The Hall–Kier alpha value is 0.0649. The smallest absolute Gasteiger partial charge is 0.0831 e. The molecule has 0 amide bonds. The lowest BCUT2D eigenvalue weighted by Crippen LogP contribution is -1.92. The Labute approximate surface area is 47.6 Å². The Morgan fingerprint density at radius 1 is 1.43 bits per heavy atom. The van der Waals surface area contributed by atoms with Gasteiger partial charge in [-0.1, -0.05) is 39.3 Å². The summed E-state index contributed by atoms with van der Waals surface area (Å²) in [5.41, 5.74) is 0. The van der Waals surface area contributed by atoms with Crippen LogP contribution >= 0.6 is 0 Å². The third kappa shape index (κ3) is 6.06. The topological polar surface area (TPSA) is 0 Å². The van der Waals surface area contributed by atoms with Gasteiger partial charge in [-0.2, -0.15) is 0 Å². The molecule has 0 N–H and O–H groups in total. The van der Waals surface area contributed by atoms with Gasteiger partial charge < -0.3 is 0 Å². The maximum absolute atomic E-state index is 2.32.